The molecule has 0 bridgehead atoms. The summed E-state index contributed by atoms with van der Waals surface area (Å²) in [5, 5.41) is 13.0. The number of nitrogens with one attached hydrogen (secondary N) is 1. The van der Waals surface area contributed by atoms with E-state index in [1.54, 1.807) is 44.8 Å². The molecule has 2 heterocycles. The van der Waals surface area contributed by atoms with Crippen LogP contribution in [0.15, 0.2) is 42.7 Å². The van der Waals surface area contributed by atoms with Crippen LogP contribution in [0.5, 0.6) is 11.5 Å². The molecule has 9 heteroatoms. The molecule has 0 amide bonds. The minimum Gasteiger partial charge on any atom is -0.496 e. The van der Waals surface area contributed by atoms with Crippen molar-refractivity contribution in [1.82, 2.24) is 15.0 Å². The molecule has 4 rings (SSSR count). The molecule has 0 radical (unpaired) electrons. The zero-order valence-electron chi connectivity index (χ0n) is 16.3. The van der Waals surface area contributed by atoms with Gasteiger partial charge in [0.25, 0.3) is 0 Å². The van der Waals surface area contributed by atoms with E-state index in [4.69, 9.17) is 15.2 Å². The Bertz CT molecular complexity index is 1260. The van der Waals surface area contributed by atoms with E-state index in [-0.39, 0.29) is 0 Å². The van der Waals surface area contributed by atoms with Gasteiger partial charge in [0.15, 0.2) is 5.13 Å². The zero-order valence-corrected chi connectivity index (χ0v) is 17.2. The van der Waals surface area contributed by atoms with Gasteiger partial charge in [-0.15, -0.1) is 0 Å². The lowest BCUT2D eigenvalue weighted by Gasteiger charge is -2.11. The van der Waals surface area contributed by atoms with Crippen molar-refractivity contribution in [2.24, 2.45) is 0 Å². The average molecular weight is 418 g/mol. The van der Waals surface area contributed by atoms with Gasteiger partial charge < -0.3 is 20.5 Å². The van der Waals surface area contributed by atoms with Crippen LogP contribution >= 0.6 is 11.3 Å². The molecule has 150 valence electrons. The molecule has 0 atom stereocenters. The summed E-state index contributed by atoms with van der Waals surface area (Å²) in [7, 11) is 3.19. The molecule has 4 aromatic rings. The van der Waals surface area contributed by atoms with Gasteiger partial charge in [-0.3, -0.25) is 4.98 Å². The fourth-order valence-corrected chi connectivity index (χ4v) is 3.89. The number of nitrogen functional groups attached to an aromatic ring is 1. The molecule has 0 aliphatic rings. The maximum Gasteiger partial charge on any atom is 0.181 e. The van der Waals surface area contributed by atoms with Gasteiger partial charge >= 0.3 is 0 Å². The number of anilines is 2. The first kappa shape index (κ1) is 19.4. The van der Waals surface area contributed by atoms with Crippen molar-refractivity contribution >= 4 is 32.5 Å². The van der Waals surface area contributed by atoms with Gasteiger partial charge in [-0.05, 0) is 35.9 Å². The van der Waals surface area contributed by atoms with Crippen molar-refractivity contribution in [2.75, 3.05) is 25.3 Å². The van der Waals surface area contributed by atoms with E-state index in [0.29, 0.717) is 45.8 Å². The van der Waals surface area contributed by atoms with E-state index < -0.39 is 0 Å². The van der Waals surface area contributed by atoms with Crippen molar-refractivity contribution in [3.63, 3.8) is 0 Å². The molecule has 0 saturated heterocycles. The van der Waals surface area contributed by atoms with E-state index in [2.05, 4.69) is 26.3 Å². The third-order valence-corrected chi connectivity index (χ3v) is 5.30. The van der Waals surface area contributed by atoms with Gasteiger partial charge in [-0.1, -0.05) is 11.3 Å². The molecule has 0 saturated carbocycles. The Kier molecular flexibility index (Phi) is 5.32. The number of rotatable bonds is 6. The van der Waals surface area contributed by atoms with E-state index in [1.807, 2.05) is 12.1 Å². The maximum absolute atomic E-state index is 9.20. The number of methoxy groups -OCH3 is 2. The highest BCUT2D eigenvalue weighted by atomic mass is 32.1. The monoisotopic (exact) mass is 418 g/mol. The third-order valence-electron chi connectivity index (χ3n) is 4.47. The Morgan fingerprint density at radius 3 is 2.70 bits per heavy atom. The normalized spacial score (nSPS) is 10.6. The summed E-state index contributed by atoms with van der Waals surface area (Å²) in [4.78, 5) is 13.2. The lowest BCUT2D eigenvalue weighted by molar-refractivity contribution is 0.416. The van der Waals surface area contributed by atoms with Crippen LogP contribution < -0.4 is 20.5 Å². The lowest BCUT2D eigenvalue weighted by atomic mass is 10.1. The Labute approximate surface area is 176 Å². The number of benzene rings is 2. The van der Waals surface area contributed by atoms with Crippen LogP contribution in [0.2, 0.25) is 0 Å². The van der Waals surface area contributed by atoms with Crippen LogP contribution in [0, 0.1) is 11.3 Å². The van der Waals surface area contributed by atoms with Crippen molar-refractivity contribution < 1.29 is 9.47 Å². The highest BCUT2D eigenvalue weighted by Gasteiger charge is 2.12. The molecule has 0 aliphatic heterocycles. The molecule has 2 aromatic heterocycles. The smallest absolute Gasteiger partial charge is 0.181 e. The molecular formula is C21H18N6O2S. The molecule has 0 unspecified atom stereocenters. The molecule has 2 aromatic carbocycles. The van der Waals surface area contributed by atoms with Crippen LogP contribution in [-0.2, 0) is 6.54 Å². The van der Waals surface area contributed by atoms with Gasteiger partial charge in [0, 0.05) is 12.1 Å². The van der Waals surface area contributed by atoms with Crippen LogP contribution in [0.25, 0.3) is 21.5 Å². The number of ether oxygens (including phenoxy) is 2. The average Bonchev–Trinajstić information content (AvgIpc) is 3.16. The second-order valence-electron chi connectivity index (χ2n) is 6.37. The zero-order chi connectivity index (χ0) is 21.1. The van der Waals surface area contributed by atoms with E-state index in [1.165, 1.54) is 11.3 Å². The summed E-state index contributed by atoms with van der Waals surface area (Å²) in [6.07, 6.45) is 3.28. The summed E-state index contributed by atoms with van der Waals surface area (Å²) in [5.74, 6) is 1.90. The molecule has 30 heavy (non-hydrogen) atoms. The van der Waals surface area contributed by atoms with E-state index in [0.717, 1.165) is 15.8 Å². The van der Waals surface area contributed by atoms with Gasteiger partial charge in [0.05, 0.1) is 48.6 Å². The largest absolute Gasteiger partial charge is 0.496 e. The summed E-state index contributed by atoms with van der Waals surface area (Å²) in [5.41, 5.74) is 9.43. The Hall–Kier alpha value is -3.90. The first-order chi connectivity index (χ1) is 14.6. The molecular weight excluding hydrogens is 400 g/mol. The number of fused-ring (bicyclic) bond motifs is 1. The lowest BCUT2D eigenvalue weighted by Crippen LogP contribution is -2.03. The van der Waals surface area contributed by atoms with E-state index in [9.17, 15) is 5.26 Å². The second kappa shape index (κ2) is 8.23. The number of nitrogens with two attached hydrogens (primary N) is 1. The third kappa shape index (κ3) is 3.81. The summed E-state index contributed by atoms with van der Waals surface area (Å²) in [6, 6.07) is 11.3. The van der Waals surface area contributed by atoms with Gasteiger partial charge in [-0.25, -0.2) is 9.97 Å². The Morgan fingerprint density at radius 2 is 1.93 bits per heavy atom. The summed E-state index contributed by atoms with van der Waals surface area (Å²) >= 11 is 1.42. The highest BCUT2D eigenvalue weighted by Crippen LogP contribution is 2.33. The molecule has 0 fully saturated rings. The number of nitriles is 1. The summed E-state index contributed by atoms with van der Waals surface area (Å²) in [6.45, 7) is 0.512. The number of hydrogen-bond donors (Lipinski definition) is 2. The Balaban J connectivity index is 1.60. The quantitative estimate of drug-likeness (QED) is 0.485. The number of thiazole rings is 1. The second-order valence-corrected chi connectivity index (χ2v) is 7.43. The molecule has 0 spiro atoms. The minimum atomic E-state index is 0.500. The van der Waals surface area contributed by atoms with Gasteiger partial charge in [-0.2, -0.15) is 5.26 Å². The SMILES string of the molecule is COc1ccc(C#N)cc1-c1cncc(NCc2cc(OC)c3nc(N)sc3c2)n1. The number of aromatic nitrogens is 3. The summed E-state index contributed by atoms with van der Waals surface area (Å²) < 4.78 is 11.8. The van der Waals surface area contributed by atoms with Crippen LogP contribution in [0.1, 0.15) is 11.1 Å². The van der Waals surface area contributed by atoms with Gasteiger partial charge in [0.1, 0.15) is 22.8 Å². The first-order valence-corrected chi connectivity index (χ1v) is 9.80. The maximum atomic E-state index is 9.20. The van der Waals surface area contributed by atoms with Crippen LogP contribution in [0.4, 0.5) is 10.9 Å². The van der Waals surface area contributed by atoms with Gasteiger partial charge in [0.2, 0.25) is 0 Å². The number of hydrogen-bond acceptors (Lipinski definition) is 9. The fraction of sp³-hybridized carbons (Fsp3) is 0.143. The first-order valence-electron chi connectivity index (χ1n) is 8.98. The standard InChI is InChI=1S/C21H18N6O2S/c1-28-16-4-3-12(8-22)5-14(16)15-10-24-11-19(26-15)25-9-13-6-17(29-2)20-18(7-13)30-21(23)27-20/h3-7,10-11H,9H2,1-2H3,(H2,23,27)(H,25,26). The predicted molar refractivity (Wildman–Crippen MR) is 117 cm³/mol. The van der Waals surface area contributed by atoms with Crippen molar-refractivity contribution in [3.8, 4) is 28.8 Å². The van der Waals surface area contributed by atoms with E-state index >= 15 is 0 Å². The van der Waals surface area contributed by atoms with Crippen molar-refractivity contribution in [2.45, 2.75) is 6.54 Å². The topological polar surface area (TPSA) is 119 Å². The molecule has 8 nitrogen and oxygen atoms in total. The van der Waals surface area contributed by atoms with Crippen LogP contribution in [0.3, 0.4) is 0 Å². The minimum absolute atomic E-state index is 0.500. The molecule has 0 aliphatic carbocycles. The van der Waals surface area contributed by atoms with Crippen molar-refractivity contribution in [3.05, 3.63) is 53.9 Å². The van der Waals surface area contributed by atoms with Crippen LogP contribution in [-0.4, -0.2) is 29.2 Å². The predicted octanol–water partition coefficient (Wildman–Crippen LogP) is 3.84. The fourth-order valence-electron chi connectivity index (χ4n) is 3.08. The number of nitrogens with zero attached hydrogens (tertiary/aromatic N) is 4. The highest BCUT2D eigenvalue weighted by molar-refractivity contribution is 7.22. The van der Waals surface area contributed by atoms with Crippen molar-refractivity contribution in [1.29, 1.82) is 5.26 Å². The Morgan fingerprint density at radius 1 is 1.10 bits per heavy atom. The molecule has 3 N–H and O–H groups in total.